The molecule has 9 heteroatoms. The molecule has 1 aromatic heterocycles. The Morgan fingerprint density at radius 2 is 2.05 bits per heavy atom. The van der Waals surface area contributed by atoms with E-state index in [9.17, 15) is 8.42 Å². The minimum atomic E-state index is -3.50. The maximum Gasteiger partial charge on any atom is 0.238 e. The molecular formula is C10H10N4O2S3. The van der Waals surface area contributed by atoms with Crippen molar-refractivity contribution in [3.63, 3.8) is 0 Å². The molecule has 1 aromatic carbocycles. The van der Waals surface area contributed by atoms with Gasteiger partial charge in [0.05, 0.1) is 5.75 Å². The molecule has 19 heavy (non-hydrogen) atoms. The van der Waals surface area contributed by atoms with Gasteiger partial charge in [0, 0.05) is 5.56 Å². The van der Waals surface area contributed by atoms with Gasteiger partial charge in [0.25, 0.3) is 0 Å². The van der Waals surface area contributed by atoms with Gasteiger partial charge in [0.15, 0.2) is 0 Å². The zero-order chi connectivity index (χ0) is 13.9. The molecule has 2 aromatic rings. The molecule has 0 spiro atoms. The predicted molar refractivity (Wildman–Crippen MR) is 78.5 cm³/mol. The lowest BCUT2D eigenvalue weighted by Gasteiger charge is -2.05. The van der Waals surface area contributed by atoms with E-state index in [1.807, 2.05) is 0 Å². The molecule has 0 amide bonds. The van der Waals surface area contributed by atoms with Crippen molar-refractivity contribution in [1.29, 1.82) is 0 Å². The Morgan fingerprint density at radius 1 is 1.37 bits per heavy atom. The van der Waals surface area contributed by atoms with Gasteiger partial charge in [-0.1, -0.05) is 47.8 Å². The third-order valence-electron chi connectivity index (χ3n) is 2.20. The second-order valence-corrected chi connectivity index (χ2v) is 6.66. The Bertz CT molecular complexity index is 665. The Kier molecular flexibility index (Phi) is 4.08. The Hall–Kier alpha value is -1.58. The molecule has 3 N–H and O–H groups in total. The molecule has 0 saturated carbocycles. The van der Waals surface area contributed by atoms with Gasteiger partial charge < -0.3 is 5.73 Å². The quantitative estimate of drug-likeness (QED) is 0.802. The maximum atomic E-state index is 11.9. The first-order chi connectivity index (χ1) is 8.96. The lowest BCUT2D eigenvalue weighted by Crippen LogP contribution is -2.15. The summed E-state index contributed by atoms with van der Waals surface area (Å²) in [7, 11) is -3.50. The number of hydrogen-bond donors (Lipinski definition) is 2. The highest BCUT2D eigenvalue weighted by Crippen LogP contribution is 2.14. The molecule has 0 radical (unpaired) electrons. The third-order valence-corrected chi connectivity index (χ3v) is 4.39. The van der Waals surface area contributed by atoms with Crippen molar-refractivity contribution in [3.8, 4) is 0 Å². The number of nitrogens with two attached hydrogens (primary N) is 1. The molecule has 0 saturated heterocycles. The monoisotopic (exact) mass is 314 g/mol. The smallest absolute Gasteiger partial charge is 0.238 e. The van der Waals surface area contributed by atoms with Crippen LogP contribution in [-0.2, 0) is 15.8 Å². The third kappa shape index (κ3) is 3.94. The fraction of sp³-hybridized carbons (Fsp3) is 0.100. The van der Waals surface area contributed by atoms with Gasteiger partial charge in [0.1, 0.15) is 10.5 Å². The first-order valence-corrected chi connectivity index (χ1v) is 8.06. The van der Waals surface area contributed by atoms with Crippen LogP contribution in [0.1, 0.15) is 11.1 Å². The summed E-state index contributed by atoms with van der Waals surface area (Å²) in [4.78, 5) is 0.279. The van der Waals surface area contributed by atoms with Crippen molar-refractivity contribution in [1.82, 2.24) is 10.2 Å². The summed E-state index contributed by atoms with van der Waals surface area (Å²) in [6.45, 7) is 0. The lowest BCUT2D eigenvalue weighted by atomic mass is 10.1. The predicted octanol–water partition coefficient (Wildman–Crippen LogP) is 1.11. The van der Waals surface area contributed by atoms with Crippen molar-refractivity contribution in [2.75, 3.05) is 4.72 Å². The molecule has 2 rings (SSSR count). The van der Waals surface area contributed by atoms with Crippen LogP contribution < -0.4 is 10.5 Å². The van der Waals surface area contributed by atoms with Crippen LogP contribution in [0.2, 0.25) is 0 Å². The summed E-state index contributed by atoms with van der Waals surface area (Å²) >= 11 is 5.95. The van der Waals surface area contributed by atoms with Crippen molar-refractivity contribution < 1.29 is 8.42 Å². The average Bonchev–Trinajstić information content (AvgIpc) is 2.81. The summed E-state index contributed by atoms with van der Waals surface area (Å²) in [5.41, 5.74) is 8.26. The topological polar surface area (TPSA) is 98.0 Å². The van der Waals surface area contributed by atoms with Crippen molar-refractivity contribution in [2.24, 2.45) is 5.73 Å². The van der Waals surface area contributed by atoms with Gasteiger partial charge in [-0.15, -0.1) is 10.2 Å². The van der Waals surface area contributed by atoms with E-state index in [4.69, 9.17) is 18.0 Å². The minimum Gasteiger partial charge on any atom is -0.389 e. The van der Waals surface area contributed by atoms with Gasteiger partial charge in [-0.2, -0.15) is 0 Å². The molecule has 0 aliphatic rings. The largest absolute Gasteiger partial charge is 0.389 e. The number of rotatable bonds is 5. The number of aromatic nitrogens is 2. The molecular weight excluding hydrogens is 304 g/mol. The summed E-state index contributed by atoms with van der Waals surface area (Å²) in [5, 5.41) is 7.43. The fourth-order valence-electron chi connectivity index (χ4n) is 1.37. The molecule has 100 valence electrons. The Labute approximate surface area is 119 Å². The SMILES string of the molecule is NC(=S)c1ccc(CS(=O)(=O)Nc2nncs2)cc1. The standard InChI is InChI=1S/C10H10N4O2S3/c11-9(17)8-3-1-7(2-4-8)5-19(15,16)14-10-13-12-6-18-10/h1-4,6H,5H2,(H2,11,17)(H,13,14). The highest BCUT2D eigenvalue weighted by atomic mass is 32.2. The Morgan fingerprint density at radius 3 is 2.58 bits per heavy atom. The summed E-state index contributed by atoms with van der Waals surface area (Å²) in [6, 6.07) is 6.73. The second-order valence-electron chi connectivity index (χ2n) is 3.67. The van der Waals surface area contributed by atoms with E-state index in [0.717, 1.165) is 11.3 Å². The maximum absolute atomic E-state index is 11.9. The van der Waals surface area contributed by atoms with E-state index in [1.165, 1.54) is 5.51 Å². The first kappa shape index (κ1) is 13.8. The van der Waals surface area contributed by atoms with Crippen molar-refractivity contribution >= 4 is 43.7 Å². The Balaban J connectivity index is 2.09. The van der Waals surface area contributed by atoms with E-state index >= 15 is 0 Å². The van der Waals surface area contributed by atoms with Crippen LogP contribution in [0.3, 0.4) is 0 Å². The van der Waals surface area contributed by atoms with E-state index in [2.05, 4.69) is 14.9 Å². The van der Waals surface area contributed by atoms with Gasteiger partial charge in [-0.05, 0) is 5.56 Å². The van der Waals surface area contributed by atoms with E-state index in [-0.39, 0.29) is 15.9 Å². The van der Waals surface area contributed by atoms with Crippen LogP contribution in [0.25, 0.3) is 0 Å². The number of sulfonamides is 1. The lowest BCUT2D eigenvalue weighted by molar-refractivity contribution is 0.600. The number of hydrogen-bond acceptors (Lipinski definition) is 6. The average molecular weight is 314 g/mol. The van der Waals surface area contributed by atoms with Crippen LogP contribution in [-0.4, -0.2) is 23.6 Å². The summed E-state index contributed by atoms with van der Waals surface area (Å²) < 4.78 is 26.1. The van der Waals surface area contributed by atoms with Gasteiger partial charge in [-0.25, -0.2) is 8.42 Å². The van der Waals surface area contributed by atoms with E-state index in [1.54, 1.807) is 24.3 Å². The fourth-order valence-corrected chi connectivity index (χ4v) is 3.38. The van der Waals surface area contributed by atoms with Crippen LogP contribution in [0.4, 0.5) is 5.13 Å². The number of nitrogens with zero attached hydrogens (tertiary/aromatic N) is 2. The molecule has 0 atom stereocenters. The van der Waals surface area contributed by atoms with Gasteiger partial charge in [-0.3, -0.25) is 4.72 Å². The molecule has 6 nitrogen and oxygen atoms in total. The normalized spacial score (nSPS) is 11.2. The van der Waals surface area contributed by atoms with Crippen molar-refractivity contribution in [3.05, 3.63) is 40.9 Å². The van der Waals surface area contributed by atoms with Crippen LogP contribution >= 0.6 is 23.6 Å². The van der Waals surface area contributed by atoms with Gasteiger partial charge >= 0.3 is 0 Å². The first-order valence-electron chi connectivity index (χ1n) is 5.12. The second kappa shape index (κ2) is 5.59. The van der Waals surface area contributed by atoms with Crippen LogP contribution in [0.15, 0.2) is 29.8 Å². The van der Waals surface area contributed by atoms with Crippen LogP contribution in [0, 0.1) is 0 Å². The van der Waals surface area contributed by atoms with Gasteiger partial charge in [0.2, 0.25) is 15.2 Å². The minimum absolute atomic E-state index is 0.149. The molecule has 0 fully saturated rings. The highest BCUT2D eigenvalue weighted by molar-refractivity contribution is 7.92. The molecule has 0 unspecified atom stereocenters. The summed E-state index contributed by atoms with van der Waals surface area (Å²) in [6.07, 6.45) is 0. The van der Waals surface area contributed by atoms with E-state index < -0.39 is 10.0 Å². The van der Waals surface area contributed by atoms with E-state index in [0.29, 0.717) is 11.1 Å². The van der Waals surface area contributed by atoms with Crippen LogP contribution in [0.5, 0.6) is 0 Å². The highest BCUT2D eigenvalue weighted by Gasteiger charge is 2.13. The van der Waals surface area contributed by atoms with Crippen molar-refractivity contribution in [2.45, 2.75) is 5.75 Å². The zero-order valence-corrected chi connectivity index (χ0v) is 12.1. The number of nitrogens with one attached hydrogen (secondary N) is 1. The number of benzene rings is 1. The molecule has 1 heterocycles. The molecule has 0 bridgehead atoms. The number of anilines is 1. The zero-order valence-electron chi connectivity index (χ0n) is 9.61. The molecule has 0 aliphatic carbocycles. The molecule has 0 aliphatic heterocycles. The number of thiocarbonyl (C=S) groups is 1. The summed E-state index contributed by atoms with van der Waals surface area (Å²) in [5.74, 6) is -0.149.